The summed E-state index contributed by atoms with van der Waals surface area (Å²) in [6.07, 6.45) is 19.7. The van der Waals surface area contributed by atoms with Gasteiger partial charge in [0.15, 0.2) is 0 Å². The van der Waals surface area contributed by atoms with E-state index < -0.39 is 0 Å². The van der Waals surface area contributed by atoms with Crippen LogP contribution < -0.4 is 0 Å². The molecule has 0 aliphatic carbocycles. The quantitative estimate of drug-likeness (QED) is 0.165. The van der Waals surface area contributed by atoms with Crippen LogP contribution in [-0.2, 0) is 9.59 Å². The van der Waals surface area contributed by atoms with E-state index in [1.54, 1.807) is 0 Å². The molecule has 1 unspecified atom stereocenters. The molecule has 0 N–H and O–H groups in total. The summed E-state index contributed by atoms with van der Waals surface area (Å²) >= 11 is 0. The van der Waals surface area contributed by atoms with E-state index in [-0.39, 0.29) is 5.41 Å². The Morgan fingerprint density at radius 3 is 2.11 bits per heavy atom. The van der Waals surface area contributed by atoms with Crippen LogP contribution in [0, 0.1) is 11.3 Å². The lowest BCUT2D eigenvalue weighted by atomic mass is 9.74. The molecule has 162 valence electrons. The third kappa shape index (κ3) is 11.0. The predicted octanol–water partition coefficient (Wildman–Crippen LogP) is 8.01. The normalized spacial score (nSPS) is 13.0. The fourth-order valence-electron chi connectivity index (χ4n) is 4.04. The Morgan fingerprint density at radius 1 is 0.893 bits per heavy atom. The molecule has 0 rings (SSSR count). The van der Waals surface area contributed by atoms with Gasteiger partial charge in [0, 0.05) is 24.7 Å². The van der Waals surface area contributed by atoms with Gasteiger partial charge in [-0.25, -0.2) is 0 Å². The summed E-state index contributed by atoms with van der Waals surface area (Å²) in [5.41, 5.74) is -0.0932. The van der Waals surface area contributed by atoms with Gasteiger partial charge in [-0.1, -0.05) is 65.2 Å². The number of hydrogen-bond acceptors (Lipinski definition) is 2. The van der Waals surface area contributed by atoms with Crippen LogP contribution in [0.4, 0.5) is 0 Å². The summed E-state index contributed by atoms with van der Waals surface area (Å²) in [6, 6.07) is 0. The van der Waals surface area contributed by atoms with Gasteiger partial charge >= 0.3 is 0 Å². The molecule has 1 atom stereocenters. The van der Waals surface area contributed by atoms with E-state index in [1.807, 2.05) is 6.08 Å². The number of unbranched alkanes of at least 4 members (excludes halogenated alkanes) is 3. The summed E-state index contributed by atoms with van der Waals surface area (Å²) in [4.78, 5) is 24.5. The van der Waals surface area contributed by atoms with Crippen molar-refractivity contribution in [3.05, 3.63) is 24.8 Å². The van der Waals surface area contributed by atoms with Crippen LogP contribution in [0.1, 0.15) is 118 Å². The number of carbonyl (C=O) groups excluding carboxylic acids is 2. The molecule has 0 aliphatic heterocycles. The van der Waals surface area contributed by atoms with Crippen LogP contribution in [0.3, 0.4) is 0 Å². The summed E-state index contributed by atoms with van der Waals surface area (Å²) in [7, 11) is 0. The van der Waals surface area contributed by atoms with Crippen molar-refractivity contribution in [1.82, 2.24) is 0 Å². The van der Waals surface area contributed by atoms with Crippen molar-refractivity contribution >= 4 is 11.6 Å². The van der Waals surface area contributed by atoms with Crippen molar-refractivity contribution in [2.45, 2.75) is 118 Å². The Kier molecular flexibility index (Phi) is 16.0. The molecular weight excluding hydrogens is 344 g/mol. The van der Waals surface area contributed by atoms with Gasteiger partial charge in [0.1, 0.15) is 11.6 Å². The molecule has 0 aromatic carbocycles. The first kappa shape index (κ1) is 26.8. The topological polar surface area (TPSA) is 34.1 Å². The number of carbonyl (C=O) groups is 2. The lowest BCUT2D eigenvalue weighted by Crippen LogP contribution is -2.29. The van der Waals surface area contributed by atoms with Gasteiger partial charge in [-0.05, 0) is 57.3 Å². The Hall–Kier alpha value is -1.18. The first-order chi connectivity index (χ1) is 13.5. The summed E-state index contributed by atoms with van der Waals surface area (Å²) in [5, 5.41) is 0. The van der Waals surface area contributed by atoms with E-state index in [2.05, 4.69) is 46.4 Å². The highest BCUT2D eigenvalue weighted by atomic mass is 16.1. The molecule has 0 aromatic heterocycles. The van der Waals surface area contributed by atoms with E-state index in [1.165, 1.54) is 6.42 Å². The first-order valence-electron chi connectivity index (χ1n) is 11.8. The van der Waals surface area contributed by atoms with Gasteiger partial charge in [-0.3, -0.25) is 9.59 Å². The lowest BCUT2D eigenvalue weighted by molar-refractivity contribution is -0.129. The molecule has 0 saturated carbocycles. The molecular formula is C26H46O2. The lowest BCUT2D eigenvalue weighted by Gasteiger charge is -2.28. The zero-order chi connectivity index (χ0) is 21.3. The van der Waals surface area contributed by atoms with Crippen molar-refractivity contribution in [2.24, 2.45) is 11.3 Å². The fourth-order valence-corrected chi connectivity index (χ4v) is 4.04. The van der Waals surface area contributed by atoms with Gasteiger partial charge in [0.05, 0.1) is 0 Å². The third-order valence-electron chi connectivity index (χ3n) is 6.38. The highest BCUT2D eigenvalue weighted by molar-refractivity contribution is 5.84. The standard InChI is InChI=1S/C26H46O2/c1-6-11-12-20-24(27)21-15-13-18-23(17-7-2)19-14-16-22-25(28)26(8-3,9-4)10-5/h7,13,18,23H,2,6,8-12,14-17,19-22H2,1,3-5H3. The van der Waals surface area contributed by atoms with Crippen LogP contribution in [0.5, 0.6) is 0 Å². The van der Waals surface area contributed by atoms with Crippen LogP contribution in [0.25, 0.3) is 0 Å². The average molecular weight is 391 g/mol. The Morgan fingerprint density at radius 2 is 1.54 bits per heavy atom. The summed E-state index contributed by atoms with van der Waals surface area (Å²) in [6.45, 7) is 12.5. The van der Waals surface area contributed by atoms with E-state index in [0.29, 0.717) is 30.3 Å². The molecule has 0 saturated heterocycles. The second kappa shape index (κ2) is 16.7. The Labute approximate surface area is 175 Å². The smallest absolute Gasteiger partial charge is 0.139 e. The second-order valence-corrected chi connectivity index (χ2v) is 8.26. The predicted molar refractivity (Wildman–Crippen MR) is 123 cm³/mol. The van der Waals surface area contributed by atoms with Crippen molar-refractivity contribution in [3.63, 3.8) is 0 Å². The first-order valence-corrected chi connectivity index (χ1v) is 11.8. The highest BCUT2D eigenvalue weighted by Gasteiger charge is 2.31. The Balaban J connectivity index is 4.22. The molecule has 28 heavy (non-hydrogen) atoms. The molecule has 0 aromatic rings. The van der Waals surface area contributed by atoms with Crippen LogP contribution in [0.15, 0.2) is 24.8 Å². The molecule has 0 amide bonds. The molecule has 0 bridgehead atoms. The van der Waals surface area contributed by atoms with E-state index in [4.69, 9.17) is 0 Å². The molecule has 2 nitrogen and oxygen atoms in total. The number of hydrogen-bond donors (Lipinski definition) is 0. The zero-order valence-corrected chi connectivity index (χ0v) is 19.2. The molecule has 0 fully saturated rings. The van der Waals surface area contributed by atoms with E-state index in [9.17, 15) is 9.59 Å². The van der Waals surface area contributed by atoms with Gasteiger partial charge in [-0.2, -0.15) is 0 Å². The number of Topliss-reactive ketones (excluding diaryl/α,β-unsaturated/α-hetero) is 2. The number of ketones is 2. The minimum absolute atomic E-state index is 0.0932. The van der Waals surface area contributed by atoms with Crippen molar-refractivity contribution in [1.29, 1.82) is 0 Å². The van der Waals surface area contributed by atoms with Gasteiger partial charge in [0.2, 0.25) is 0 Å². The number of rotatable bonds is 19. The highest BCUT2D eigenvalue weighted by Crippen LogP contribution is 2.33. The SMILES string of the molecule is C=CCC(C=CCCC(=O)CCCCC)CCCCC(=O)C(CC)(CC)CC. The van der Waals surface area contributed by atoms with E-state index in [0.717, 1.165) is 70.6 Å². The number of allylic oxidation sites excluding steroid dienone is 3. The van der Waals surface area contributed by atoms with Gasteiger partial charge < -0.3 is 0 Å². The molecule has 0 heterocycles. The molecule has 0 spiro atoms. The molecule has 2 heteroatoms. The van der Waals surface area contributed by atoms with E-state index >= 15 is 0 Å². The Bertz CT molecular complexity index is 449. The molecule has 0 aliphatic rings. The largest absolute Gasteiger partial charge is 0.300 e. The van der Waals surface area contributed by atoms with Crippen molar-refractivity contribution in [3.8, 4) is 0 Å². The van der Waals surface area contributed by atoms with Gasteiger partial charge in [-0.15, -0.1) is 6.58 Å². The van der Waals surface area contributed by atoms with Crippen LogP contribution in [0.2, 0.25) is 0 Å². The summed E-state index contributed by atoms with van der Waals surface area (Å²) < 4.78 is 0. The van der Waals surface area contributed by atoms with Crippen LogP contribution in [-0.4, -0.2) is 11.6 Å². The monoisotopic (exact) mass is 390 g/mol. The maximum atomic E-state index is 12.6. The van der Waals surface area contributed by atoms with Crippen molar-refractivity contribution in [2.75, 3.05) is 0 Å². The van der Waals surface area contributed by atoms with Crippen LogP contribution >= 0.6 is 0 Å². The maximum Gasteiger partial charge on any atom is 0.139 e. The minimum Gasteiger partial charge on any atom is -0.300 e. The van der Waals surface area contributed by atoms with Crippen molar-refractivity contribution < 1.29 is 9.59 Å². The average Bonchev–Trinajstić information content (AvgIpc) is 2.70. The maximum absolute atomic E-state index is 12.6. The minimum atomic E-state index is -0.0932. The molecule has 0 radical (unpaired) electrons. The summed E-state index contributed by atoms with van der Waals surface area (Å²) in [5.74, 6) is 1.33. The van der Waals surface area contributed by atoms with Gasteiger partial charge in [0.25, 0.3) is 0 Å². The fraction of sp³-hybridized carbons (Fsp3) is 0.769. The second-order valence-electron chi connectivity index (χ2n) is 8.26. The zero-order valence-electron chi connectivity index (χ0n) is 19.2. The third-order valence-corrected chi connectivity index (χ3v) is 6.38.